The van der Waals surface area contributed by atoms with E-state index < -0.39 is 0 Å². The van der Waals surface area contributed by atoms with Crippen molar-refractivity contribution in [3.05, 3.63) is 66.1 Å². The van der Waals surface area contributed by atoms with Crippen molar-refractivity contribution in [2.24, 2.45) is 7.05 Å². The van der Waals surface area contributed by atoms with Gasteiger partial charge < -0.3 is 9.30 Å². The zero-order valence-electron chi connectivity index (χ0n) is 14.5. The van der Waals surface area contributed by atoms with Crippen LogP contribution < -0.4 is 4.74 Å². The van der Waals surface area contributed by atoms with Crippen LogP contribution in [0.3, 0.4) is 0 Å². The lowest BCUT2D eigenvalue weighted by atomic mass is 9.95. The third-order valence-corrected chi connectivity index (χ3v) is 5.46. The highest BCUT2D eigenvalue weighted by Gasteiger charge is 2.18. The van der Waals surface area contributed by atoms with E-state index >= 15 is 0 Å². The van der Waals surface area contributed by atoms with Crippen LogP contribution in [0.5, 0.6) is 5.75 Å². The minimum atomic E-state index is 0.896. The maximum absolute atomic E-state index is 5.34. The van der Waals surface area contributed by atoms with Crippen LogP contribution in [-0.4, -0.2) is 27.5 Å². The number of ether oxygens (including phenoxy) is 1. The van der Waals surface area contributed by atoms with Crippen LogP contribution in [0, 0.1) is 0 Å². The smallest absolute Gasteiger partial charge is 0.129 e. The van der Waals surface area contributed by atoms with Crippen molar-refractivity contribution in [1.29, 1.82) is 0 Å². The fourth-order valence-electron chi connectivity index (χ4n) is 3.16. The second-order valence-corrected chi connectivity index (χ2v) is 7.41. The number of methoxy groups -OCH3 is 1. The van der Waals surface area contributed by atoms with Crippen molar-refractivity contribution in [3.63, 3.8) is 0 Å². The molecule has 0 saturated carbocycles. The van der Waals surface area contributed by atoms with E-state index in [0.29, 0.717) is 0 Å². The third kappa shape index (κ3) is 3.57. The van der Waals surface area contributed by atoms with Gasteiger partial charge in [-0.2, -0.15) is 0 Å². The molecule has 0 bridgehead atoms. The first-order valence-electron chi connectivity index (χ1n) is 8.38. The van der Waals surface area contributed by atoms with Crippen LogP contribution in [0.2, 0.25) is 0 Å². The number of hydrogen-bond donors (Lipinski definition) is 0. The zero-order chi connectivity index (χ0) is 17.2. The first-order valence-corrected chi connectivity index (χ1v) is 9.16. The first kappa shape index (κ1) is 16.2. The summed E-state index contributed by atoms with van der Waals surface area (Å²) in [7, 11) is 3.71. The number of imidazole rings is 1. The SMILES string of the molecule is COc1cccc(-c2ccc3c(c2)CCN(Sc2cn(C)cn2)C3)c1. The number of aromatic nitrogens is 2. The number of fused-ring (bicyclic) bond motifs is 1. The van der Waals surface area contributed by atoms with E-state index in [1.54, 1.807) is 19.1 Å². The minimum absolute atomic E-state index is 0.896. The third-order valence-electron chi connectivity index (χ3n) is 4.49. The number of nitrogens with zero attached hydrogens (tertiary/aromatic N) is 3. The second-order valence-electron chi connectivity index (χ2n) is 6.30. The van der Waals surface area contributed by atoms with Gasteiger partial charge in [0.2, 0.25) is 0 Å². The quantitative estimate of drug-likeness (QED) is 0.660. The van der Waals surface area contributed by atoms with Gasteiger partial charge in [0.15, 0.2) is 0 Å². The number of rotatable bonds is 4. The van der Waals surface area contributed by atoms with Crippen molar-refractivity contribution in [2.75, 3.05) is 13.7 Å². The molecule has 4 nitrogen and oxygen atoms in total. The van der Waals surface area contributed by atoms with Gasteiger partial charge in [-0.3, -0.25) is 0 Å². The topological polar surface area (TPSA) is 30.3 Å². The van der Waals surface area contributed by atoms with Gasteiger partial charge in [-0.15, -0.1) is 0 Å². The van der Waals surface area contributed by atoms with Crippen LogP contribution >= 0.6 is 11.9 Å². The number of aryl methyl sites for hydroxylation is 1. The normalized spacial score (nSPS) is 14.3. The van der Waals surface area contributed by atoms with Crippen molar-refractivity contribution in [1.82, 2.24) is 13.9 Å². The van der Waals surface area contributed by atoms with E-state index in [0.717, 1.165) is 30.3 Å². The molecule has 128 valence electrons. The van der Waals surface area contributed by atoms with Gasteiger partial charge in [0.1, 0.15) is 10.8 Å². The molecule has 0 amide bonds. The first-order chi connectivity index (χ1) is 12.2. The van der Waals surface area contributed by atoms with Crippen LogP contribution in [0.1, 0.15) is 11.1 Å². The predicted octanol–water partition coefficient (Wildman–Crippen LogP) is 4.16. The van der Waals surface area contributed by atoms with Gasteiger partial charge in [-0.05, 0) is 52.8 Å². The Kier molecular flexibility index (Phi) is 4.51. The van der Waals surface area contributed by atoms with E-state index in [9.17, 15) is 0 Å². The Morgan fingerprint density at radius 3 is 2.76 bits per heavy atom. The molecule has 0 spiro atoms. The van der Waals surface area contributed by atoms with Crippen LogP contribution in [0.25, 0.3) is 11.1 Å². The highest BCUT2D eigenvalue weighted by atomic mass is 32.2. The predicted molar refractivity (Wildman–Crippen MR) is 102 cm³/mol. The molecule has 1 aliphatic rings. The standard InChI is InChI=1S/C20H21N3OS/c1-22-13-20(21-14-22)25-23-9-8-17-10-16(6-7-18(17)12-23)15-4-3-5-19(11-15)24-2/h3-7,10-11,13-14H,8-9,12H2,1-2H3. The van der Waals surface area contributed by atoms with Crippen LogP contribution in [0.4, 0.5) is 0 Å². The molecule has 0 atom stereocenters. The molecule has 5 heteroatoms. The lowest BCUT2D eigenvalue weighted by molar-refractivity contribution is 0.415. The van der Waals surface area contributed by atoms with Gasteiger partial charge in [0.25, 0.3) is 0 Å². The second kappa shape index (κ2) is 6.94. The monoisotopic (exact) mass is 351 g/mol. The molecule has 2 aromatic carbocycles. The largest absolute Gasteiger partial charge is 0.497 e. The summed E-state index contributed by atoms with van der Waals surface area (Å²) in [6, 6.07) is 15.0. The Bertz CT molecular complexity index is 890. The molecule has 2 heterocycles. The Labute approximate surface area is 152 Å². The summed E-state index contributed by atoms with van der Waals surface area (Å²) in [5, 5.41) is 1.05. The van der Waals surface area contributed by atoms with Gasteiger partial charge >= 0.3 is 0 Å². The lowest BCUT2D eigenvalue weighted by Crippen LogP contribution is -2.24. The summed E-state index contributed by atoms with van der Waals surface area (Å²) in [6.45, 7) is 1.99. The molecular weight excluding hydrogens is 330 g/mol. The van der Waals surface area contributed by atoms with Crippen molar-refractivity contribution in [2.45, 2.75) is 18.0 Å². The Hall–Kier alpha value is -2.24. The molecule has 0 unspecified atom stereocenters. The highest BCUT2D eigenvalue weighted by Crippen LogP contribution is 2.31. The summed E-state index contributed by atoms with van der Waals surface area (Å²) < 4.78 is 9.72. The average Bonchev–Trinajstić information content (AvgIpc) is 3.06. The van der Waals surface area contributed by atoms with E-state index in [1.165, 1.54) is 22.3 Å². The molecule has 1 aliphatic heterocycles. The Morgan fingerprint density at radius 2 is 1.96 bits per heavy atom. The zero-order valence-corrected chi connectivity index (χ0v) is 15.3. The maximum Gasteiger partial charge on any atom is 0.129 e. The average molecular weight is 351 g/mol. The van der Waals surface area contributed by atoms with E-state index in [-0.39, 0.29) is 0 Å². The molecule has 0 saturated heterocycles. The highest BCUT2D eigenvalue weighted by molar-refractivity contribution is 7.96. The van der Waals surface area contributed by atoms with E-state index in [2.05, 4.69) is 45.8 Å². The van der Waals surface area contributed by atoms with Gasteiger partial charge in [0, 0.05) is 26.3 Å². The molecule has 0 fully saturated rings. The summed E-state index contributed by atoms with van der Waals surface area (Å²) in [6.07, 6.45) is 4.97. The van der Waals surface area contributed by atoms with Gasteiger partial charge in [-0.1, -0.05) is 30.3 Å². The van der Waals surface area contributed by atoms with Crippen molar-refractivity contribution >= 4 is 11.9 Å². The van der Waals surface area contributed by atoms with E-state index in [1.807, 2.05) is 30.1 Å². The van der Waals surface area contributed by atoms with E-state index in [4.69, 9.17) is 4.74 Å². The lowest BCUT2D eigenvalue weighted by Gasteiger charge is -2.27. The molecule has 25 heavy (non-hydrogen) atoms. The fourth-order valence-corrected chi connectivity index (χ4v) is 4.11. The molecular formula is C20H21N3OS. The Balaban J connectivity index is 1.52. The summed E-state index contributed by atoms with van der Waals surface area (Å²) in [5.41, 5.74) is 5.30. The van der Waals surface area contributed by atoms with Gasteiger partial charge in [0.05, 0.1) is 13.4 Å². The summed E-state index contributed by atoms with van der Waals surface area (Å²) >= 11 is 1.74. The molecule has 0 radical (unpaired) electrons. The van der Waals surface area contributed by atoms with Crippen molar-refractivity contribution in [3.8, 4) is 16.9 Å². The summed E-state index contributed by atoms with van der Waals surface area (Å²) in [4.78, 5) is 4.41. The molecule has 0 aliphatic carbocycles. The molecule has 0 N–H and O–H groups in total. The summed E-state index contributed by atoms with van der Waals surface area (Å²) in [5.74, 6) is 0.896. The molecule has 3 aromatic rings. The van der Waals surface area contributed by atoms with Crippen LogP contribution in [-0.2, 0) is 20.0 Å². The minimum Gasteiger partial charge on any atom is -0.497 e. The van der Waals surface area contributed by atoms with Crippen LogP contribution in [0.15, 0.2) is 60.0 Å². The van der Waals surface area contributed by atoms with Gasteiger partial charge in [-0.25, -0.2) is 9.29 Å². The molecule has 4 rings (SSSR count). The molecule has 1 aromatic heterocycles. The number of hydrogen-bond acceptors (Lipinski definition) is 4. The Morgan fingerprint density at radius 1 is 1.08 bits per heavy atom. The fraction of sp³-hybridized carbons (Fsp3) is 0.250. The maximum atomic E-state index is 5.34. The van der Waals surface area contributed by atoms with Crippen molar-refractivity contribution < 1.29 is 4.74 Å². The number of benzene rings is 2.